The highest BCUT2D eigenvalue weighted by Crippen LogP contribution is 2.22. The van der Waals surface area contributed by atoms with Gasteiger partial charge in [0.25, 0.3) is 0 Å². The predicted octanol–water partition coefficient (Wildman–Crippen LogP) is 1.56. The molecule has 5 nitrogen and oxygen atoms in total. The molecular weight excluding hydrogens is 266 g/mol. The van der Waals surface area contributed by atoms with Gasteiger partial charge in [-0.2, -0.15) is 0 Å². The summed E-state index contributed by atoms with van der Waals surface area (Å²) in [6.45, 7) is 2.53. The van der Waals surface area contributed by atoms with Gasteiger partial charge in [-0.05, 0) is 32.2 Å². The van der Waals surface area contributed by atoms with Crippen molar-refractivity contribution in [3.8, 4) is 0 Å². The molecule has 0 aliphatic carbocycles. The standard InChI is InChI=1S/C13H20ClN3O2/c1-9(8-18)17(2)6-5-13(19)16-12-7-10(14)3-4-11(12)15/h3-4,7,9,18H,5-6,8,15H2,1-2H3,(H,16,19). The van der Waals surface area contributed by atoms with E-state index in [1.165, 1.54) is 0 Å². The molecule has 1 rings (SSSR count). The average molecular weight is 286 g/mol. The maximum atomic E-state index is 11.8. The lowest BCUT2D eigenvalue weighted by molar-refractivity contribution is -0.116. The number of nitrogens with two attached hydrogens (primary N) is 1. The molecule has 0 radical (unpaired) electrons. The molecule has 0 spiro atoms. The summed E-state index contributed by atoms with van der Waals surface area (Å²) in [6.07, 6.45) is 0.326. The minimum absolute atomic E-state index is 0.0315. The van der Waals surface area contributed by atoms with Gasteiger partial charge in [-0.15, -0.1) is 0 Å². The van der Waals surface area contributed by atoms with Crippen molar-refractivity contribution < 1.29 is 9.90 Å². The zero-order valence-electron chi connectivity index (χ0n) is 11.2. The second kappa shape index (κ2) is 7.33. The molecule has 1 amide bonds. The van der Waals surface area contributed by atoms with Crippen LogP contribution in [0.5, 0.6) is 0 Å². The van der Waals surface area contributed by atoms with Gasteiger partial charge in [-0.3, -0.25) is 4.79 Å². The molecule has 1 atom stereocenters. The number of amides is 1. The molecule has 4 N–H and O–H groups in total. The van der Waals surface area contributed by atoms with Crippen LogP contribution < -0.4 is 11.1 Å². The van der Waals surface area contributed by atoms with Crippen LogP contribution in [0.25, 0.3) is 0 Å². The summed E-state index contributed by atoms with van der Waals surface area (Å²) in [5, 5.41) is 12.2. The Labute approximate surface area is 118 Å². The van der Waals surface area contributed by atoms with Gasteiger partial charge in [0.15, 0.2) is 0 Å². The fraction of sp³-hybridized carbons (Fsp3) is 0.462. The minimum Gasteiger partial charge on any atom is -0.397 e. The molecule has 0 heterocycles. The molecule has 0 saturated heterocycles. The zero-order chi connectivity index (χ0) is 14.4. The number of nitrogens with zero attached hydrogens (tertiary/aromatic N) is 1. The van der Waals surface area contributed by atoms with Crippen LogP contribution in [0.1, 0.15) is 13.3 Å². The van der Waals surface area contributed by atoms with Crippen LogP contribution in [-0.4, -0.2) is 42.2 Å². The van der Waals surface area contributed by atoms with E-state index >= 15 is 0 Å². The summed E-state index contributed by atoms with van der Waals surface area (Å²) < 4.78 is 0. The highest BCUT2D eigenvalue weighted by Gasteiger charge is 2.11. The third-order valence-electron chi connectivity index (χ3n) is 3.00. The first kappa shape index (κ1) is 15.8. The van der Waals surface area contributed by atoms with E-state index < -0.39 is 0 Å². The molecule has 0 bridgehead atoms. The lowest BCUT2D eigenvalue weighted by Crippen LogP contribution is -2.34. The zero-order valence-corrected chi connectivity index (χ0v) is 11.9. The maximum absolute atomic E-state index is 11.8. The Kier molecular flexibility index (Phi) is 6.08. The van der Waals surface area contributed by atoms with Crippen molar-refractivity contribution in [2.24, 2.45) is 0 Å². The fourth-order valence-corrected chi connectivity index (χ4v) is 1.66. The fourth-order valence-electron chi connectivity index (χ4n) is 1.49. The van der Waals surface area contributed by atoms with E-state index in [0.717, 1.165) is 0 Å². The van der Waals surface area contributed by atoms with Crippen LogP contribution in [0.4, 0.5) is 11.4 Å². The normalized spacial score (nSPS) is 12.5. The summed E-state index contributed by atoms with van der Waals surface area (Å²) in [4.78, 5) is 13.7. The summed E-state index contributed by atoms with van der Waals surface area (Å²) in [7, 11) is 1.86. The summed E-state index contributed by atoms with van der Waals surface area (Å²) in [5.74, 6) is -0.133. The van der Waals surface area contributed by atoms with Crippen LogP contribution in [0, 0.1) is 0 Å². The van der Waals surface area contributed by atoms with E-state index in [9.17, 15) is 4.79 Å². The first-order valence-corrected chi connectivity index (χ1v) is 6.47. The predicted molar refractivity (Wildman–Crippen MR) is 78.3 cm³/mol. The van der Waals surface area contributed by atoms with Crippen molar-refractivity contribution in [1.29, 1.82) is 0 Å². The van der Waals surface area contributed by atoms with Gasteiger partial charge in [0.05, 0.1) is 18.0 Å². The Bertz CT molecular complexity index is 440. The third kappa shape index (κ3) is 5.06. The first-order valence-electron chi connectivity index (χ1n) is 6.10. The van der Waals surface area contributed by atoms with Crippen molar-refractivity contribution in [3.63, 3.8) is 0 Å². The number of hydrogen-bond acceptors (Lipinski definition) is 4. The molecule has 0 saturated carbocycles. The lowest BCUT2D eigenvalue weighted by atomic mass is 10.2. The SMILES string of the molecule is CC(CO)N(C)CCC(=O)Nc1cc(Cl)ccc1N. The van der Waals surface area contributed by atoms with Crippen molar-refractivity contribution in [3.05, 3.63) is 23.2 Å². The molecule has 0 aliphatic rings. The molecule has 19 heavy (non-hydrogen) atoms. The molecular formula is C13H20ClN3O2. The second-order valence-electron chi connectivity index (χ2n) is 4.54. The van der Waals surface area contributed by atoms with Crippen molar-refractivity contribution in [2.45, 2.75) is 19.4 Å². The Morgan fingerprint density at radius 3 is 2.89 bits per heavy atom. The highest BCUT2D eigenvalue weighted by atomic mass is 35.5. The van der Waals surface area contributed by atoms with Crippen LogP contribution in [-0.2, 0) is 4.79 Å². The number of carbonyl (C=O) groups excluding carboxylic acids is 1. The van der Waals surface area contributed by atoms with E-state index in [1.807, 2.05) is 18.9 Å². The molecule has 6 heteroatoms. The van der Waals surface area contributed by atoms with Crippen LogP contribution >= 0.6 is 11.6 Å². The second-order valence-corrected chi connectivity index (χ2v) is 4.98. The number of nitrogen functional groups attached to an aromatic ring is 1. The number of nitrogens with one attached hydrogen (secondary N) is 1. The molecule has 0 fully saturated rings. The van der Waals surface area contributed by atoms with E-state index in [-0.39, 0.29) is 18.6 Å². The number of anilines is 2. The lowest BCUT2D eigenvalue weighted by Gasteiger charge is -2.22. The molecule has 1 aromatic carbocycles. The number of halogens is 1. The van der Waals surface area contributed by atoms with Gasteiger partial charge < -0.3 is 21.1 Å². The van der Waals surface area contributed by atoms with E-state index in [4.69, 9.17) is 22.4 Å². The maximum Gasteiger partial charge on any atom is 0.225 e. The Balaban J connectivity index is 2.49. The van der Waals surface area contributed by atoms with Crippen LogP contribution in [0.15, 0.2) is 18.2 Å². The van der Waals surface area contributed by atoms with E-state index in [2.05, 4.69) is 5.32 Å². The highest BCUT2D eigenvalue weighted by molar-refractivity contribution is 6.31. The topological polar surface area (TPSA) is 78.6 Å². The molecule has 1 unspecified atom stereocenters. The number of aliphatic hydroxyl groups excluding tert-OH is 1. The Hall–Kier alpha value is -1.30. The van der Waals surface area contributed by atoms with Crippen LogP contribution in [0.3, 0.4) is 0 Å². The van der Waals surface area contributed by atoms with Crippen molar-refractivity contribution in [2.75, 3.05) is 31.2 Å². The third-order valence-corrected chi connectivity index (χ3v) is 3.23. The average Bonchev–Trinajstić information content (AvgIpc) is 2.39. The first-order chi connectivity index (χ1) is 8.93. The monoisotopic (exact) mass is 285 g/mol. The van der Waals surface area contributed by atoms with Gasteiger partial charge in [0, 0.05) is 24.0 Å². The summed E-state index contributed by atoms with van der Waals surface area (Å²) in [5.41, 5.74) is 6.75. The van der Waals surface area contributed by atoms with Gasteiger partial charge in [-0.1, -0.05) is 11.6 Å². The van der Waals surface area contributed by atoms with Gasteiger partial charge in [0.1, 0.15) is 0 Å². The number of carbonyl (C=O) groups is 1. The van der Waals surface area contributed by atoms with Crippen LogP contribution in [0.2, 0.25) is 5.02 Å². The Morgan fingerprint density at radius 2 is 2.26 bits per heavy atom. The quantitative estimate of drug-likeness (QED) is 0.693. The molecule has 1 aromatic rings. The van der Waals surface area contributed by atoms with E-state index in [1.54, 1.807) is 18.2 Å². The van der Waals surface area contributed by atoms with Gasteiger partial charge in [0.2, 0.25) is 5.91 Å². The van der Waals surface area contributed by atoms with Gasteiger partial charge in [-0.25, -0.2) is 0 Å². The molecule has 0 aliphatic heterocycles. The van der Waals surface area contributed by atoms with Crippen molar-refractivity contribution in [1.82, 2.24) is 4.90 Å². The van der Waals surface area contributed by atoms with Crippen molar-refractivity contribution >= 4 is 28.9 Å². The Morgan fingerprint density at radius 1 is 1.58 bits per heavy atom. The largest absolute Gasteiger partial charge is 0.397 e. The molecule has 0 aromatic heterocycles. The minimum atomic E-state index is -0.133. The number of benzene rings is 1. The summed E-state index contributed by atoms with van der Waals surface area (Å²) >= 11 is 5.85. The molecule has 106 valence electrons. The van der Waals surface area contributed by atoms with Gasteiger partial charge >= 0.3 is 0 Å². The van der Waals surface area contributed by atoms with E-state index in [0.29, 0.717) is 29.4 Å². The number of hydrogen-bond donors (Lipinski definition) is 3. The number of rotatable bonds is 6. The summed E-state index contributed by atoms with van der Waals surface area (Å²) in [6, 6.07) is 4.97. The number of likely N-dealkylation sites (N-methyl/N-ethyl adjacent to an activating group) is 1. The number of aliphatic hydroxyl groups is 1. The smallest absolute Gasteiger partial charge is 0.225 e.